The predicted molar refractivity (Wildman–Crippen MR) is 103 cm³/mol. The van der Waals surface area contributed by atoms with Gasteiger partial charge in [-0.2, -0.15) is 5.26 Å². The van der Waals surface area contributed by atoms with Crippen LogP contribution in [0.2, 0.25) is 0 Å². The minimum Gasteiger partial charge on any atom is -0.444 e. The zero-order chi connectivity index (χ0) is 19.2. The molecule has 0 aliphatic carbocycles. The summed E-state index contributed by atoms with van der Waals surface area (Å²) >= 11 is 0. The van der Waals surface area contributed by atoms with Gasteiger partial charge in [0.25, 0.3) is 0 Å². The second-order valence-corrected chi connectivity index (χ2v) is 8.14. The molecule has 5 nitrogen and oxygen atoms in total. The van der Waals surface area contributed by atoms with Gasteiger partial charge in [-0.15, -0.1) is 0 Å². The summed E-state index contributed by atoms with van der Waals surface area (Å²) in [7, 11) is 1.96. The van der Waals surface area contributed by atoms with E-state index in [0.717, 1.165) is 38.9 Å². The van der Waals surface area contributed by atoms with Crippen molar-refractivity contribution in [2.45, 2.75) is 51.6 Å². The van der Waals surface area contributed by atoms with Crippen LogP contribution in [0.15, 0.2) is 24.3 Å². The average Bonchev–Trinajstić information content (AvgIpc) is 2.60. The normalized spacial score (nSPS) is 16.8. The van der Waals surface area contributed by atoms with Gasteiger partial charge in [0.15, 0.2) is 0 Å². The number of piperidine rings is 1. The Bertz CT molecular complexity index is 637. The third-order valence-electron chi connectivity index (χ3n) is 4.82. The van der Waals surface area contributed by atoms with E-state index in [9.17, 15) is 4.79 Å². The lowest BCUT2D eigenvalue weighted by molar-refractivity contribution is 0.0179. The van der Waals surface area contributed by atoms with E-state index >= 15 is 0 Å². The van der Waals surface area contributed by atoms with Gasteiger partial charge < -0.3 is 15.0 Å². The number of amides is 1. The number of likely N-dealkylation sites (N-methyl/N-ethyl adjacent to an activating group) is 1. The molecular weight excluding hydrogens is 326 g/mol. The molecule has 142 valence electrons. The summed E-state index contributed by atoms with van der Waals surface area (Å²) in [5, 5.41) is 12.4. The minimum atomic E-state index is -0.447. The Morgan fingerprint density at radius 2 is 2.08 bits per heavy atom. The molecule has 1 N–H and O–H groups in total. The molecule has 0 bridgehead atoms. The number of carbonyl (C=O) groups excluding carboxylic acids is 1. The molecule has 5 heteroatoms. The highest BCUT2D eigenvalue weighted by molar-refractivity contribution is 5.68. The number of nitrogens with zero attached hydrogens (tertiary/aromatic N) is 2. The maximum Gasteiger partial charge on any atom is 0.410 e. The summed E-state index contributed by atoms with van der Waals surface area (Å²) in [5.41, 5.74) is 1.48. The van der Waals surface area contributed by atoms with Gasteiger partial charge in [-0.3, -0.25) is 0 Å². The molecule has 1 aromatic rings. The van der Waals surface area contributed by atoms with Crippen LogP contribution in [0.1, 0.15) is 57.1 Å². The van der Waals surface area contributed by atoms with Crippen LogP contribution in [-0.4, -0.2) is 43.3 Å². The zero-order valence-electron chi connectivity index (χ0n) is 16.4. The number of carbonyl (C=O) groups is 1. The largest absolute Gasteiger partial charge is 0.444 e. The Hall–Kier alpha value is -2.06. The SMILES string of the molecule is CNCC(CC1CCN(C(=O)OC(C)(C)C)CC1)c1cccc(C#N)c1. The molecule has 1 amide bonds. The van der Waals surface area contributed by atoms with Gasteiger partial charge in [-0.05, 0) is 76.6 Å². The fourth-order valence-electron chi connectivity index (χ4n) is 3.53. The standard InChI is InChI=1S/C21H31N3O2/c1-21(2,3)26-20(25)24-10-8-16(9-11-24)12-19(15-23-4)18-7-5-6-17(13-18)14-22/h5-7,13,16,19,23H,8-12,15H2,1-4H3. The van der Waals surface area contributed by atoms with E-state index in [1.807, 2.05) is 50.9 Å². The molecule has 2 rings (SSSR count). The smallest absolute Gasteiger partial charge is 0.410 e. The summed E-state index contributed by atoms with van der Waals surface area (Å²) in [4.78, 5) is 14.0. The number of ether oxygens (including phenoxy) is 1. The lowest BCUT2D eigenvalue weighted by Gasteiger charge is -2.34. The van der Waals surface area contributed by atoms with Gasteiger partial charge in [0, 0.05) is 19.6 Å². The Balaban J connectivity index is 1.93. The number of hydrogen-bond donors (Lipinski definition) is 1. The van der Waals surface area contributed by atoms with E-state index in [2.05, 4.69) is 17.5 Å². The Morgan fingerprint density at radius 1 is 1.38 bits per heavy atom. The molecule has 1 aliphatic rings. The molecule has 0 aromatic heterocycles. The second-order valence-electron chi connectivity index (χ2n) is 8.14. The first-order valence-electron chi connectivity index (χ1n) is 9.45. The maximum atomic E-state index is 12.2. The van der Waals surface area contributed by atoms with Gasteiger partial charge in [-0.1, -0.05) is 12.1 Å². The van der Waals surface area contributed by atoms with Crippen molar-refractivity contribution >= 4 is 6.09 Å². The summed E-state index contributed by atoms with van der Waals surface area (Å²) in [6.45, 7) is 8.09. The van der Waals surface area contributed by atoms with Crippen molar-refractivity contribution in [3.63, 3.8) is 0 Å². The molecule has 0 spiro atoms. The van der Waals surface area contributed by atoms with Crippen molar-refractivity contribution < 1.29 is 9.53 Å². The van der Waals surface area contributed by atoms with Crippen LogP contribution >= 0.6 is 0 Å². The van der Waals surface area contributed by atoms with Crippen molar-refractivity contribution in [3.8, 4) is 6.07 Å². The highest BCUT2D eigenvalue weighted by atomic mass is 16.6. The van der Waals surface area contributed by atoms with E-state index in [-0.39, 0.29) is 6.09 Å². The minimum absolute atomic E-state index is 0.204. The fraction of sp³-hybridized carbons (Fsp3) is 0.619. The van der Waals surface area contributed by atoms with Crippen LogP contribution in [-0.2, 0) is 4.74 Å². The number of hydrogen-bond acceptors (Lipinski definition) is 4. The molecule has 1 fully saturated rings. The summed E-state index contributed by atoms with van der Waals surface area (Å²) < 4.78 is 5.47. The van der Waals surface area contributed by atoms with Gasteiger partial charge in [0.05, 0.1) is 11.6 Å². The van der Waals surface area contributed by atoms with Crippen molar-refractivity contribution in [1.29, 1.82) is 5.26 Å². The third-order valence-corrected chi connectivity index (χ3v) is 4.82. The molecule has 1 heterocycles. The molecule has 1 saturated heterocycles. The van der Waals surface area contributed by atoms with Gasteiger partial charge in [-0.25, -0.2) is 4.79 Å². The van der Waals surface area contributed by atoms with E-state index in [1.54, 1.807) is 0 Å². The summed E-state index contributed by atoms with van der Waals surface area (Å²) in [6.07, 6.45) is 2.86. The number of likely N-dealkylation sites (tertiary alicyclic amines) is 1. The summed E-state index contributed by atoms with van der Waals surface area (Å²) in [5.74, 6) is 0.962. The predicted octanol–water partition coefficient (Wildman–Crippen LogP) is 3.90. The molecule has 0 saturated carbocycles. The first kappa shape index (κ1) is 20.3. The lowest BCUT2D eigenvalue weighted by atomic mass is 9.83. The highest BCUT2D eigenvalue weighted by Gasteiger charge is 2.28. The van der Waals surface area contributed by atoms with Crippen LogP contribution in [0, 0.1) is 17.2 Å². The van der Waals surface area contributed by atoms with Crippen LogP contribution in [0.25, 0.3) is 0 Å². The van der Waals surface area contributed by atoms with Crippen molar-refractivity contribution in [1.82, 2.24) is 10.2 Å². The van der Waals surface area contributed by atoms with E-state index in [4.69, 9.17) is 10.00 Å². The summed E-state index contributed by atoms with van der Waals surface area (Å²) in [6, 6.07) is 10.1. The van der Waals surface area contributed by atoms with Crippen molar-refractivity contribution in [2.24, 2.45) is 5.92 Å². The van der Waals surface area contributed by atoms with Crippen molar-refractivity contribution in [3.05, 3.63) is 35.4 Å². The van der Waals surface area contributed by atoms with Crippen molar-refractivity contribution in [2.75, 3.05) is 26.7 Å². The number of rotatable bonds is 5. The second kappa shape index (κ2) is 9.05. The molecule has 1 atom stereocenters. The van der Waals surface area contributed by atoms with E-state index in [1.165, 1.54) is 5.56 Å². The Kier molecular flexibility index (Phi) is 7.05. The molecule has 1 aromatic carbocycles. The van der Waals surface area contributed by atoms with Crippen LogP contribution in [0.5, 0.6) is 0 Å². The van der Waals surface area contributed by atoms with Crippen LogP contribution in [0.4, 0.5) is 4.79 Å². The molecule has 26 heavy (non-hydrogen) atoms. The van der Waals surface area contributed by atoms with Gasteiger partial charge in [0.1, 0.15) is 5.60 Å². The monoisotopic (exact) mass is 357 g/mol. The lowest BCUT2D eigenvalue weighted by Crippen LogP contribution is -2.42. The zero-order valence-corrected chi connectivity index (χ0v) is 16.4. The quantitative estimate of drug-likeness (QED) is 0.868. The molecule has 1 aliphatic heterocycles. The van der Waals surface area contributed by atoms with Gasteiger partial charge >= 0.3 is 6.09 Å². The molecular formula is C21H31N3O2. The first-order valence-corrected chi connectivity index (χ1v) is 9.45. The van der Waals surface area contributed by atoms with E-state index in [0.29, 0.717) is 17.4 Å². The molecule has 1 unspecified atom stereocenters. The Morgan fingerprint density at radius 3 is 2.65 bits per heavy atom. The number of nitrogens with one attached hydrogen (secondary N) is 1. The third kappa shape index (κ3) is 6.03. The Labute approximate surface area is 157 Å². The average molecular weight is 357 g/mol. The van der Waals surface area contributed by atoms with E-state index < -0.39 is 5.60 Å². The molecule has 0 radical (unpaired) electrons. The fourth-order valence-corrected chi connectivity index (χ4v) is 3.53. The topological polar surface area (TPSA) is 65.4 Å². The number of nitriles is 1. The highest BCUT2D eigenvalue weighted by Crippen LogP contribution is 2.30. The van der Waals surface area contributed by atoms with Gasteiger partial charge in [0.2, 0.25) is 0 Å². The maximum absolute atomic E-state index is 12.2. The van der Waals surface area contributed by atoms with Crippen LogP contribution < -0.4 is 5.32 Å². The number of benzene rings is 1. The first-order chi connectivity index (χ1) is 12.3. The van der Waals surface area contributed by atoms with Crippen LogP contribution in [0.3, 0.4) is 0 Å².